The quantitative estimate of drug-likeness (QED) is 0.343. The Labute approximate surface area is 256 Å². The second kappa shape index (κ2) is 13.8. The van der Waals surface area contributed by atoms with Crippen molar-refractivity contribution in [1.82, 2.24) is 20.7 Å². The van der Waals surface area contributed by atoms with Gasteiger partial charge in [-0.1, -0.05) is 43.7 Å². The number of benzene rings is 1. The van der Waals surface area contributed by atoms with E-state index in [0.29, 0.717) is 19.4 Å². The third-order valence-electron chi connectivity index (χ3n) is 8.62. The van der Waals surface area contributed by atoms with Gasteiger partial charge in [0.1, 0.15) is 24.3 Å². The van der Waals surface area contributed by atoms with Crippen LogP contribution in [0.2, 0.25) is 0 Å². The molecule has 2 aromatic rings. The largest absolute Gasteiger partial charge is 0.451 e. The zero-order valence-electron chi connectivity index (χ0n) is 25.3. The minimum absolute atomic E-state index is 0.0314. The summed E-state index contributed by atoms with van der Waals surface area (Å²) >= 11 is 0. The molecule has 3 amide bonds. The molecule has 0 radical (unpaired) electrons. The number of primary amides is 1. The molecule has 1 aliphatic carbocycles. The van der Waals surface area contributed by atoms with Crippen LogP contribution in [0.5, 0.6) is 0 Å². The number of hydrogen-bond donors (Lipinski definition) is 3. The molecule has 3 aliphatic rings. The van der Waals surface area contributed by atoms with E-state index in [0.717, 1.165) is 47.8 Å². The molecule has 1 saturated carbocycles. The Morgan fingerprint density at radius 3 is 2.59 bits per heavy atom. The first-order valence-electron chi connectivity index (χ1n) is 15.3. The second-order valence-electron chi connectivity index (χ2n) is 11.9. The van der Waals surface area contributed by atoms with Crippen molar-refractivity contribution in [3.63, 3.8) is 0 Å². The van der Waals surface area contributed by atoms with Gasteiger partial charge < -0.3 is 25.3 Å². The van der Waals surface area contributed by atoms with Gasteiger partial charge in [-0.2, -0.15) is 0 Å². The third kappa shape index (κ3) is 7.09. The van der Waals surface area contributed by atoms with E-state index in [-0.39, 0.29) is 25.9 Å². The van der Waals surface area contributed by atoms with Gasteiger partial charge in [0, 0.05) is 23.5 Å². The molecule has 0 spiro atoms. The first-order valence-corrected chi connectivity index (χ1v) is 15.3. The predicted molar refractivity (Wildman–Crippen MR) is 161 cm³/mol. The lowest BCUT2D eigenvalue weighted by molar-refractivity contribution is -0.194. The number of pyridine rings is 1. The molecule has 1 aromatic heterocycles. The number of hydrazine groups is 1. The molecule has 3 fully saturated rings. The summed E-state index contributed by atoms with van der Waals surface area (Å²) in [5.41, 5.74) is 9.67. The lowest BCUT2D eigenvalue weighted by Crippen LogP contribution is -2.61. The van der Waals surface area contributed by atoms with Crippen molar-refractivity contribution in [3.8, 4) is 0 Å². The lowest BCUT2D eigenvalue weighted by atomic mass is 9.80. The van der Waals surface area contributed by atoms with Crippen LogP contribution in [0.4, 0.5) is 0 Å². The molecule has 3 heterocycles. The fourth-order valence-corrected chi connectivity index (χ4v) is 5.64. The number of amides is 3. The van der Waals surface area contributed by atoms with Crippen LogP contribution in [0.15, 0.2) is 36.4 Å². The summed E-state index contributed by atoms with van der Waals surface area (Å²) < 4.78 is 17.0. The van der Waals surface area contributed by atoms with Gasteiger partial charge >= 0.3 is 5.97 Å². The smallest absolute Gasteiger partial charge is 0.321 e. The van der Waals surface area contributed by atoms with E-state index in [1.54, 1.807) is 13.0 Å². The molecule has 12 heteroatoms. The first-order chi connectivity index (χ1) is 21.2. The van der Waals surface area contributed by atoms with Crippen molar-refractivity contribution in [3.05, 3.63) is 47.7 Å². The van der Waals surface area contributed by atoms with Gasteiger partial charge in [-0.3, -0.25) is 29.2 Å². The highest BCUT2D eigenvalue weighted by Gasteiger charge is 2.45. The molecule has 44 heavy (non-hydrogen) atoms. The van der Waals surface area contributed by atoms with E-state index in [9.17, 15) is 19.2 Å². The van der Waals surface area contributed by atoms with Gasteiger partial charge in [0.2, 0.25) is 5.91 Å². The topological polar surface area (TPSA) is 162 Å². The summed E-state index contributed by atoms with van der Waals surface area (Å²) in [6.45, 7) is 4.11. The average Bonchev–Trinajstić information content (AvgIpc) is 3.02. The fraction of sp³-hybridized carbons (Fsp3) is 0.531. The molecule has 5 rings (SSSR count). The Bertz CT molecular complexity index is 1420. The summed E-state index contributed by atoms with van der Waals surface area (Å²) in [5, 5.41) is 5.06. The van der Waals surface area contributed by atoms with Gasteiger partial charge in [0.25, 0.3) is 11.8 Å². The standard InChI is InChI=1S/C32H41N5O7/c1-3-24-12-11-22-10-9-21(16-26(22)35-24)13-14-32(17-42-19-43-18-32)31(41)44-27(23-6-4-7-23)29(39)34-20(2)30(40)37-15-5-8-25(36-37)28(33)38/h9-14,16,20,23,25,27,36H,3-8,15,17-19H2,1-2H3,(H2,33,38)(H,34,39)/b14-13+. The lowest BCUT2D eigenvalue weighted by Gasteiger charge is -2.37. The molecular formula is C32H41N5O7. The van der Waals surface area contributed by atoms with E-state index in [1.165, 1.54) is 5.01 Å². The number of carbonyl (C=O) groups is 4. The van der Waals surface area contributed by atoms with Crippen LogP contribution in [0, 0.1) is 11.3 Å². The van der Waals surface area contributed by atoms with Gasteiger partial charge in [-0.25, -0.2) is 5.43 Å². The molecule has 236 valence electrons. The fourth-order valence-electron chi connectivity index (χ4n) is 5.64. The molecule has 3 unspecified atom stereocenters. The molecule has 2 saturated heterocycles. The molecule has 4 N–H and O–H groups in total. The van der Waals surface area contributed by atoms with Crippen molar-refractivity contribution in [2.45, 2.75) is 70.6 Å². The maximum atomic E-state index is 13.8. The molecule has 1 aromatic carbocycles. The Morgan fingerprint density at radius 1 is 1.16 bits per heavy atom. The van der Waals surface area contributed by atoms with Gasteiger partial charge in [0.05, 0.1) is 18.7 Å². The van der Waals surface area contributed by atoms with Crippen molar-refractivity contribution in [2.75, 3.05) is 26.6 Å². The van der Waals surface area contributed by atoms with E-state index in [2.05, 4.69) is 17.7 Å². The number of aromatic nitrogens is 1. The summed E-state index contributed by atoms with van der Waals surface area (Å²) in [5.74, 6) is -2.30. The minimum atomic E-state index is -1.27. The minimum Gasteiger partial charge on any atom is -0.451 e. The summed E-state index contributed by atoms with van der Waals surface area (Å²) in [6.07, 6.45) is 6.78. The maximum Gasteiger partial charge on any atom is 0.321 e. The number of fused-ring (bicyclic) bond motifs is 1. The molecule has 2 aliphatic heterocycles. The van der Waals surface area contributed by atoms with Crippen molar-refractivity contribution in [1.29, 1.82) is 0 Å². The summed E-state index contributed by atoms with van der Waals surface area (Å²) in [4.78, 5) is 56.7. The maximum absolute atomic E-state index is 13.8. The number of rotatable bonds is 10. The zero-order valence-corrected chi connectivity index (χ0v) is 25.3. The predicted octanol–water partition coefficient (Wildman–Crippen LogP) is 2.00. The van der Waals surface area contributed by atoms with Gasteiger partial charge in [-0.15, -0.1) is 0 Å². The number of carbonyl (C=O) groups excluding carboxylic acids is 4. The first kappa shape index (κ1) is 31.6. The van der Waals surface area contributed by atoms with Gasteiger partial charge in [0.15, 0.2) is 6.10 Å². The number of esters is 1. The van der Waals surface area contributed by atoms with Crippen molar-refractivity contribution >= 4 is 40.7 Å². The number of ether oxygens (including phenoxy) is 3. The Morgan fingerprint density at radius 2 is 1.91 bits per heavy atom. The number of aryl methyl sites for hydroxylation is 1. The van der Waals surface area contributed by atoms with Crippen LogP contribution >= 0.6 is 0 Å². The third-order valence-corrected chi connectivity index (χ3v) is 8.62. The molecular weight excluding hydrogens is 566 g/mol. The Kier molecular flexibility index (Phi) is 9.92. The van der Waals surface area contributed by atoms with Crippen LogP contribution in [0.1, 0.15) is 57.2 Å². The number of nitrogens with one attached hydrogen (secondary N) is 2. The number of hydrogen-bond acceptors (Lipinski definition) is 9. The molecule has 0 bridgehead atoms. The van der Waals surface area contributed by atoms with E-state index >= 15 is 0 Å². The van der Waals surface area contributed by atoms with Crippen LogP contribution < -0.4 is 16.5 Å². The highest BCUT2D eigenvalue weighted by atomic mass is 16.7. The van der Waals surface area contributed by atoms with Crippen molar-refractivity contribution < 1.29 is 33.4 Å². The highest BCUT2D eigenvalue weighted by Crippen LogP contribution is 2.34. The van der Waals surface area contributed by atoms with Crippen LogP contribution in [-0.4, -0.2) is 78.4 Å². The van der Waals surface area contributed by atoms with Crippen molar-refractivity contribution in [2.24, 2.45) is 17.1 Å². The van der Waals surface area contributed by atoms with Gasteiger partial charge in [-0.05, 0) is 56.7 Å². The van der Waals surface area contributed by atoms with E-state index in [4.69, 9.17) is 24.9 Å². The molecule has 3 atom stereocenters. The molecule has 12 nitrogen and oxygen atoms in total. The second-order valence-corrected chi connectivity index (χ2v) is 11.9. The summed E-state index contributed by atoms with van der Waals surface area (Å²) in [7, 11) is 0. The number of nitrogens with two attached hydrogens (primary N) is 1. The van der Waals surface area contributed by atoms with Crippen LogP contribution in [0.25, 0.3) is 17.0 Å². The number of nitrogens with zero attached hydrogens (tertiary/aromatic N) is 2. The highest BCUT2D eigenvalue weighted by molar-refractivity contribution is 5.92. The Hall–Kier alpha value is -3.87. The average molecular weight is 608 g/mol. The normalized spacial score (nSPS) is 21.8. The monoisotopic (exact) mass is 607 g/mol. The zero-order chi connectivity index (χ0) is 31.3. The van der Waals surface area contributed by atoms with Crippen LogP contribution in [0.3, 0.4) is 0 Å². The Balaban J connectivity index is 1.30. The van der Waals surface area contributed by atoms with E-state index < -0.39 is 47.3 Å². The van der Waals surface area contributed by atoms with Crippen LogP contribution in [-0.2, 0) is 39.8 Å². The summed E-state index contributed by atoms with van der Waals surface area (Å²) in [6, 6.07) is 8.36. The van der Waals surface area contributed by atoms with E-state index in [1.807, 2.05) is 36.4 Å². The SMILES string of the molecule is CCc1ccc2ccc(/C=C/C3(C(=O)OC(C(=O)NC(C)C(=O)N4CCCC(C(N)=O)N4)C4CCC4)COCOC3)cc2n1.